The van der Waals surface area contributed by atoms with Gasteiger partial charge in [-0.1, -0.05) is 54.9 Å². The minimum atomic E-state index is -0.894. The molecule has 0 amide bonds. The first-order valence-electron chi connectivity index (χ1n) is 13.8. The maximum Gasteiger partial charge on any atom is 0.130 e. The zero-order valence-electron chi connectivity index (χ0n) is 23.0. The molecule has 0 radical (unpaired) electrons. The fourth-order valence-corrected chi connectivity index (χ4v) is 5.53. The molecule has 11 heteroatoms. The Morgan fingerprint density at radius 1 is 1.14 bits per heavy atom. The molecule has 2 aromatic heterocycles. The number of rotatable bonds is 10. The summed E-state index contributed by atoms with van der Waals surface area (Å²) in [4.78, 5) is 8.85. The molecule has 1 fully saturated rings. The van der Waals surface area contributed by atoms with Gasteiger partial charge in [-0.3, -0.25) is 15.0 Å². The highest BCUT2D eigenvalue weighted by molar-refractivity contribution is 6.35. The van der Waals surface area contributed by atoms with E-state index in [2.05, 4.69) is 56.7 Å². The lowest BCUT2D eigenvalue weighted by Crippen LogP contribution is -2.58. The molecule has 0 bridgehead atoms. The standard InChI is InChI=1S/C31H31ClN8O2/c1-2-26(20-7-4-3-5-8-20)37-28-22(13-33)15-35-30-24(28)11-23(12-25(30)32)36-29(21-9-6-10-34-14-21)27-16-40(39-38-27)17-31(41)18-42-19-31/h3-12,14-16,26,29,36,38-39,41H,2,17-19H2,1H3,(H,35,37)/t26-,29+/m1/s1. The number of nitrogens with zero attached hydrogens (tertiary/aromatic N) is 4. The van der Waals surface area contributed by atoms with Gasteiger partial charge in [0.2, 0.25) is 0 Å². The molecule has 4 heterocycles. The van der Waals surface area contributed by atoms with Gasteiger partial charge >= 0.3 is 0 Å². The molecule has 1 saturated heterocycles. The van der Waals surface area contributed by atoms with Crippen LogP contribution in [0.5, 0.6) is 0 Å². The van der Waals surface area contributed by atoms with E-state index in [-0.39, 0.29) is 12.1 Å². The van der Waals surface area contributed by atoms with Crippen LogP contribution in [0.4, 0.5) is 11.4 Å². The van der Waals surface area contributed by atoms with Gasteiger partial charge in [0, 0.05) is 35.9 Å². The number of hydrazine groups is 2. The van der Waals surface area contributed by atoms with E-state index in [1.54, 1.807) is 23.6 Å². The molecule has 2 aliphatic rings. The minimum Gasteiger partial charge on any atom is -0.383 e. The van der Waals surface area contributed by atoms with Gasteiger partial charge in [0.1, 0.15) is 11.7 Å². The molecule has 2 aliphatic heterocycles. The highest BCUT2D eigenvalue weighted by Crippen LogP contribution is 2.37. The third-order valence-electron chi connectivity index (χ3n) is 7.46. The number of hydrogen-bond acceptors (Lipinski definition) is 10. The van der Waals surface area contributed by atoms with Crippen molar-refractivity contribution in [1.29, 1.82) is 5.26 Å². The number of nitrogens with one attached hydrogen (secondary N) is 4. The second kappa shape index (κ2) is 11.8. The summed E-state index contributed by atoms with van der Waals surface area (Å²) in [6.45, 7) is 3.07. The van der Waals surface area contributed by atoms with Crippen LogP contribution < -0.4 is 21.6 Å². The maximum absolute atomic E-state index is 10.6. The van der Waals surface area contributed by atoms with E-state index in [0.717, 1.165) is 34.3 Å². The van der Waals surface area contributed by atoms with Crippen molar-refractivity contribution >= 4 is 33.9 Å². The van der Waals surface area contributed by atoms with Crippen LogP contribution in [0.1, 0.15) is 42.1 Å². The Kier molecular flexibility index (Phi) is 7.82. The van der Waals surface area contributed by atoms with Crippen LogP contribution in [-0.4, -0.2) is 45.4 Å². The average Bonchev–Trinajstić information content (AvgIpc) is 3.46. The van der Waals surface area contributed by atoms with Crippen LogP contribution in [0.25, 0.3) is 10.9 Å². The first kappa shape index (κ1) is 27.8. The summed E-state index contributed by atoms with van der Waals surface area (Å²) in [6.07, 6.45) is 7.82. The number of aliphatic hydroxyl groups is 1. The first-order valence-corrected chi connectivity index (χ1v) is 14.1. The summed E-state index contributed by atoms with van der Waals surface area (Å²) in [6, 6.07) is 19.8. The van der Waals surface area contributed by atoms with Crippen LogP contribution in [-0.2, 0) is 4.74 Å². The van der Waals surface area contributed by atoms with Gasteiger partial charge in [-0.2, -0.15) is 5.26 Å². The van der Waals surface area contributed by atoms with Crippen LogP contribution >= 0.6 is 11.6 Å². The summed E-state index contributed by atoms with van der Waals surface area (Å²) in [5.74, 6) is 0. The van der Waals surface area contributed by atoms with Crippen molar-refractivity contribution in [2.24, 2.45) is 0 Å². The SMILES string of the molecule is CC[C@@H](Nc1c(C#N)cnc2c(Cl)cc(N[C@H](C3=CN(CC4(O)COC4)NN3)c3cccnc3)cc12)c1ccccc1. The summed E-state index contributed by atoms with van der Waals surface area (Å²) in [7, 11) is 0. The van der Waals surface area contributed by atoms with Gasteiger partial charge in [-0.05, 0) is 35.7 Å². The first-order chi connectivity index (χ1) is 20.5. The van der Waals surface area contributed by atoms with Gasteiger partial charge in [0.15, 0.2) is 0 Å². The summed E-state index contributed by atoms with van der Waals surface area (Å²) in [5, 5.41) is 30.8. The van der Waals surface area contributed by atoms with E-state index in [1.165, 1.54) is 0 Å². The molecule has 0 spiro atoms. The van der Waals surface area contributed by atoms with Crippen molar-refractivity contribution in [3.8, 4) is 6.07 Å². The second-order valence-electron chi connectivity index (χ2n) is 10.6. The van der Waals surface area contributed by atoms with E-state index in [0.29, 0.717) is 41.5 Å². The highest BCUT2D eigenvalue weighted by Gasteiger charge is 2.38. The fraction of sp³-hybridized carbons (Fsp3) is 0.258. The number of β-amino-alcohol motifs (C(OH)–C–C–N with tert-alkyl or cyclic N) is 1. The third kappa shape index (κ3) is 5.68. The number of benzene rings is 2. The lowest BCUT2D eigenvalue weighted by Gasteiger charge is -2.38. The van der Waals surface area contributed by atoms with Gasteiger partial charge in [-0.25, -0.2) is 0 Å². The van der Waals surface area contributed by atoms with Crippen molar-refractivity contribution in [2.75, 3.05) is 30.4 Å². The number of halogens is 1. The summed E-state index contributed by atoms with van der Waals surface area (Å²) < 4.78 is 5.19. The van der Waals surface area contributed by atoms with Crippen LogP contribution in [0.15, 0.2) is 85.1 Å². The summed E-state index contributed by atoms with van der Waals surface area (Å²) >= 11 is 6.81. The third-order valence-corrected chi connectivity index (χ3v) is 7.75. The Hall–Kier alpha value is -4.40. The van der Waals surface area contributed by atoms with Crippen molar-refractivity contribution < 1.29 is 9.84 Å². The lowest BCUT2D eigenvalue weighted by atomic mass is 10.0. The molecular weight excluding hydrogens is 552 g/mol. The molecule has 10 nitrogen and oxygen atoms in total. The molecule has 6 rings (SSSR count). The number of aromatic nitrogens is 2. The number of nitriles is 1. The van der Waals surface area contributed by atoms with Crippen molar-refractivity contribution in [3.63, 3.8) is 0 Å². The molecule has 0 unspecified atom stereocenters. The predicted octanol–water partition coefficient (Wildman–Crippen LogP) is 4.80. The van der Waals surface area contributed by atoms with Gasteiger partial charge in [0.05, 0.1) is 59.3 Å². The monoisotopic (exact) mass is 582 g/mol. The Morgan fingerprint density at radius 2 is 1.95 bits per heavy atom. The van der Waals surface area contributed by atoms with Gasteiger partial charge in [-0.15, -0.1) is 5.53 Å². The Bertz CT molecular complexity index is 1640. The molecule has 42 heavy (non-hydrogen) atoms. The number of hydrogen-bond donors (Lipinski definition) is 5. The molecule has 0 saturated carbocycles. The lowest BCUT2D eigenvalue weighted by molar-refractivity contribution is -0.186. The zero-order chi connectivity index (χ0) is 29.1. The minimum absolute atomic E-state index is 0.0109. The van der Waals surface area contributed by atoms with E-state index in [9.17, 15) is 10.4 Å². The molecule has 2 aromatic carbocycles. The van der Waals surface area contributed by atoms with Gasteiger partial charge < -0.3 is 25.9 Å². The fourth-order valence-electron chi connectivity index (χ4n) is 5.26. The smallest absolute Gasteiger partial charge is 0.130 e. The number of anilines is 2. The van der Waals surface area contributed by atoms with Crippen molar-refractivity contribution in [2.45, 2.75) is 31.0 Å². The van der Waals surface area contributed by atoms with Gasteiger partial charge in [0.25, 0.3) is 0 Å². The van der Waals surface area contributed by atoms with E-state index in [4.69, 9.17) is 16.3 Å². The topological polar surface area (TPSA) is 130 Å². The van der Waals surface area contributed by atoms with Crippen molar-refractivity contribution in [3.05, 3.63) is 107 Å². The van der Waals surface area contributed by atoms with E-state index >= 15 is 0 Å². The van der Waals surface area contributed by atoms with Crippen LogP contribution in [0.2, 0.25) is 5.02 Å². The number of ether oxygens (including phenoxy) is 1. The van der Waals surface area contributed by atoms with Crippen LogP contribution in [0, 0.1) is 11.3 Å². The quantitative estimate of drug-likeness (QED) is 0.178. The van der Waals surface area contributed by atoms with E-state index in [1.807, 2.05) is 48.7 Å². The van der Waals surface area contributed by atoms with E-state index < -0.39 is 5.60 Å². The van der Waals surface area contributed by atoms with Crippen molar-refractivity contribution in [1.82, 2.24) is 25.9 Å². The molecule has 0 aliphatic carbocycles. The molecule has 4 aromatic rings. The number of pyridine rings is 2. The normalized spacial score (nSPS) is 17.0. The maximum atomic E-state index is 10.6. The zero-order valence-corrected chi connectivity index (χ0v) is 23.8. The van der Waals surface area contributed by atoms with Crippen LogP contribution in [0.3, 0.4) is 0 Å². The number of fused-ring (bicyclic) bond motifs is 1. The molecular formula is C31H31ClN8O2. The molecule has 214 valence electrons. The Labute approximate surface area is 248 Å². The molecule has 2 atom stereocenters. The average molecular weight is 583 g/mol. The Balaban J connectivity index is 1.37. The molecule has 5 N–H and O–H groups in total. The predicted molar refractivity (Wildman–Crippen MR) is 162 cm³/mol. The highest BCUT2D eigenvalue weighted by atomic mass is 35.5. The Morgan fingerprint density at radius 3 is 2.64 bits per heavy atom. The largest absolute Gasteiger partial charge is 0.383 e. The summed E-state index contributed by atoms with van der Waals surface area (Å²) in [5.41, 5.74) is 10.8. The second-order valence-corrected chi connectivity index (χ2v) is 11.0.